The Hall–Kier alpha value is -1.40. The van der Waals surface area contributed by atoms with Gasteiger partial charge in [-0.25, -0.2) is 10.8 Å². The molecular weight excluding hydrogens is 220 g/mol. The molecule has 94 valence electrons. The third-order valence-corrected chi connectivity index (χ3v) is 2.56. The minimum Gasteiger partial charge on any atom is -0.472 e. The van der Waals surface area contributed by atoms with Gasteiger partial charge in [-0.1, -0.05) is 13.8 Å². The Bertz CT molecular complexity index is 378. The van der Waals surface area contributed by atoms with Crippen molar-refractivity contribution < 1.29 is 9.47 Å². The Morgan fingerprint density at radius 3 is 2.94 bits per heavy atom. The molecule has 17 heavy (non-hydrogen) atoms. The van der Waals surface area contributed by atoms with E-state index in [-0.39, 0.29) is 12.0 Å². The summed E-state index contributed by atoms with van der Waals surface area (Å²) >= 11 is 0. The Morgan fingerprint density at radius 1 is 1.53 bits per heavy atom. The van der Waals surface area contributed by atoms with E-state index in [4.69, 9.17) is 15.3 Å². The molecule has 1 aliphatic rings. The molecule has 1 atom stereocenters. The fraction of sp³-hybridized carbons (Fsp3) is 0.636. The van der Waals surface area contributed by atoms with Gasteiger partial charge in [0.25, 0.3) is 0 Å². The fourth-order valence-corrected chi connectivity index (χ4v) is 1.61. The Kier molecular flexibility index (Phi) is 3.75. The largest absolute Gasteiger partial charge is 0.472 e. The first-order chi connectivity index (χ1) is 8.19. The molecule has 0 spiro atoms. The van der Waals surface area contributed by atoms with Crippen molar-refractivity contribution in [3.63, 3.8) is 0 Å². The van der Waals surface area contributed by atoms with Crippen LogP contribution >= 0.6 is 0 Å². The molecule has 1 fully saturated rings. The number of nitrogens with zero attached hydrogens (tertiary/aromatic N) is 2. The van der Waals surface area contributed by atoms with Gasteiger partial charge in [-0.05, 0) is 0 Å². The summed E-state index contributed by atoms with van der Waals surface area (Å²) in [5.74, 6) is 7.44. The van der Waals surface area contributed by atoms with Crippen molar-refractivity contribution >= 4 is 5.82 Å². The van der Waals surface area contributed by atoms with E-state index in [0.717, 1.165) is 18.9 Å². The standard InChI is InChI=1S/C11H18N4O2/c1-7(2)11-13-9(15-12)5-10(14-11)17-8-3-4-16-6-8/h5,7-8H,3-4,6,12H2,1-2H3,(H,13,14,15). The molecule has 2 heterocycles. The Balaban J connectivity index is 2.16. The van der Waals surface area contributed by atoms with E-state index in [9.17, 15) is 0 Å². The second kappa shape index (κ2) is 5.29. The summed E-state index contributed by atoms with van der Waals surface area (Å²) in [6, 6.07) is 1.70. The van der Waals surface area contributed by atoms with Gasteiger partial charge in [-0.3, -0.25) is 0 Å². The van der Waals surface area contributed by atoms with E-state index in [1.165, 1.54) is 0 Å². The van der Waals surface area contributed by atoms with Crippen LogP contribution in [0.1, 0.15) is 32.0 Å². The number of nitrogens with one attached hydrogen (secondary N) is 1. The summed E-state index contributed by atoms with van der Waals surface area (Å²) in [4.78, 5) is 8.63. The maximum absolute atomic E-state index is 5.74. The highest BCUT2D eigenvalue weighted by molar-refractivity contribution is 5.37. The zero-order valence-corrected chi connectivity index (χ0v) is 10.1. The molecule has 1 aromatic heterocycles. The van der Waals surface area contributed by atoms with Crippen LogP contribution in [0.5, 0.6) is 5.88 Å². The van der Waals surface area contributed by atoms with Gasteiger partial charge in [0.1, 0.15) is 17.7 Å². The third-order valence-electron chi connectivity index (χ3n) is 2.56. The van der Waals surface area contributed by atoms with Crippen molar-refractivity contribution in [3.05, 3.63) is 11.9 Å². The zero-order chi connectivity index (χ0) is 12.3. The quantitative estimate of drug-likeness (QED) is 0.602. The molecule has 0 aromatic carbocycles. The summed E-state index contributed by atoms with van der Waals surface area (Å²) in [6.45, 7) is 5.41. The number of nitrogens with two attached hydrogens (primary N) is 1. The highest BCUT2D eigenvalue weighted by Crippen LogP contribution is 2.20. The maximum atomic E-state index is 5.74. The van der Waals surface area contributed by atoms with Gasteiger partial charge in [-0.2, -0.15) is 4.98 Å². The van der Waals surface area contributed by atoms with E-state index in [2.05, 4.69) is 15.4 Å². The topological polar surface area (TPSA) is 82.3 Å². The molecular formula is C11H18N4O2. The van der Waals surface area contributed by atoms with E-state index in [0.29, 0.717) is 18.3 Å². The van der Waals surface area contributed by atoms with Crippen molar-refractivity contribution in [2.45, 2.75) is 32.3 Å². The number of hydrogen-bond donors (Lipinski definition) is 2. The molecule has 1 saturated heterocycles. The smallest absolute Gasteiger partial charge is 0.219 e. The molecule has 3 N–H and O–H groups in total. The summed E-state index contributed by atoms with van der Waals surface area (Å²) < 4.78 is 11.0. The number of aromatic nitrogens is 2. The highest BCUT2D eigenvalue weighted by atomic mass is 16.5. The SMILES string of the molecule is CC(C)c1nc(NN)cc(OC2CCOC2)n1. The molecule has 0 amide bonds. The lowest BCUT2D eigenvalue weighted by Crippen LogP contribution is -2.18. The van der Waals surface area contributed by atoms with Crippen LogP contribution in [0.25, 0.3) is 0 Å². The first-order valence-corrected chi connectivity index (χ1v) is 5.79. The summed E-state index contributed by atoms with van der Waals surface area (Å²) in [5.41, 5.74) is 2.53. The second-order valence-electron chi connectivity index (χ2n) is 4.35. The normalized spacial score (nSPS) is 19.6. The average Bonchev–Trinajstić information content (AvgIpc) is 2.81. The monoisotopic (exact) mass is 238 g/mol. The second-order valence-corrected chi connectivity index (χ2v) is 4.35. The van der Waals surface area contributed by atoms with Crippen LogP contribution in [0.2, 0.25) is 0 Å². The number of hydrazine groups is 1. The van der Waals surface area contributed by atoms with Gasteiger partial charge in [0.05, 0.1) is 13.2 Å². The predicted octanol–water partition coefficient (Wildman–Crippen LogP) is 1.05. The molecule has 2 rings (SSSR count). The number of ether oxygens (including phenoxy) is 2. The maximum Gasteiger partial charge on any atom is 0.219 e. The zero-order valence-electron chi connectivity index (χ0n) is 10.1. The summed E-state index contributed by atoms with van der Waals surface area (Å²) in [6.07, 6.45) is 0.974. The molecule has 6 heteroatoms. The van der Waals surface area contributed by atoms with Gasteiger partial charge >= 0.3 is 0 Å². The van der Waals surface area contributed by atoms with Gasteiger partial charge in [0.15, 0.2) is 0 Å². The highest BCUT2D eigenvalue weighted by Gasteiger charge is 2.19. The minimum absolute atomic E-state index is 0.0792. The lowest BCUT2D eigenvalue weighted by molar-refractivity contribution is 0.137. The van der Waals surface area contributed by atoms with Gasteiger partial charge < -0.3 is 14.9 Å². The van der Waals surface area contributed by atoms with Crippen LogP contribution in [0.15, 0.2) is 6.07 Å². The van der Waals surface area contributed by atoms with Crippen molar-refractivity contribution in [2.24, 2.45) is 5.84 Å². The minimum atomic E-state index is 0.0792. The first kappa shape index (κ1) is 12.1. The lowest BCUT2D eigenvalue weighted by Gasteiger charge is -2.13. The predicted molar refractivity (Wildman–Crippen MR) is 63.8 cm³/mol. The molecule has 0 aliphatic carbocycles. The van der Waals surface area contributed by atoms with Crippen LogP contribution in [0.3, 0.4) is 0 Å². The van der Waals surface area contributed by atoms with Crippen molar-refractivity contribution in [3.8, 4) is 5.88 Å². The third kappa shape index (κ3) is 3.04. The van der Waals surface area contributed by atoms with Crippen LogP contribution < -0.4 is 16.0 Å². The van der Waals surface area contributed by atoms with Crippen molar-refractivity contribution in [1.82, 2.24) is 9.97 Å². The molecule has 1 unspecified atom stereocenters. The molecule has 0 bridgehead atoms. The molecule has 1 aromatic rings. The number of rotatable bonds is 4. The number of hydrogen-bond acceptors (Lipinski definition) is 6. The van der Waals surface area contributed by atoms with E-state index < -0.39 is 0 Å². The first-order valence-electron chi connectivity index (χ1n) is 5.79. The van der Waals surface area contributed by atoms with E-state index >= 15 is 0 Å². The lowest BCUT2D eigenvalue weighted by atomic mass is 10.2. The van der Waals surface area contributed by atoms with Gasteiger partial charge in [-0.15, -0.1) is 0 Å². The van der Waals surface area contributed by atoms with E-state index in [1.54, 1.807) is 6.07 Å². The van der Waals surface area contributed by atoms with Crippen molar-refractivity contribution in [2.75, 3.05) is 18.6 Å². The Morgan fingerprint density at radius 2 is 2.35 bits per heavy atom. The van der Waals surface area contributed by atoms with Gasteiger partial charge in [0, 0.05) is 18.4 Å². The fourth-order valence-electron chi connectivity index (χ4n) is 1.61. The molecule has 0 radical (unpaired) electrons. The van der Waals surface area contributed by atoms with E-state index in [1.807, 2.05) is 13.8 Å². The van der Waals surface area contributed by atoms with Crippen LogP contribution in [-0.2, 0) is 4.74 Å². The number of nitrogen functional groups attached to an aromatic ring is 1. The average molecular weight is 238 g/mol. The molecule has 1 aliphatic heterocycles. The summed E-state index contributed by atoms with van der Waals surface area (Å²) in [7, 11) is 0. The Labute approximate surface area is 101 Å². The summed E-state index contributed by atoms with van der Waals surface area (Å²) in [5, 5.41) is 0. The molecule has 0 saturated carbocycles. The number of anilines is 1. The van der Waals surface area contributed by atoms with Crippen LogP contribution in [0.4, 0.5) is 5.82 Å². The van der Waals surface area contributed by atoms with Crippen LogP contribution in [-0.4, -0.2) is 29.3 Å². The van der Waals surface area contributed by atoms with Crippen LogP contribution in [0, 0.1) is 0 Å². The van der Waals surface area contributed by atoms with Gasteiger partial charge in [0.2, 0.25) is 5.88 Å². The van der Waals surface area contributed by atoms with Crippen molar-refractivity contribution in [1.29, 1.82) is 0 Å². The molecule has 6 nitrogen and oxygen atoms in total.